The maximum absolute atomic E-state index is 13.0. The zero-order valence-corrected chi connectivity index (χ0v) is 8.77. The molecule has 0 saturated carbocycles. The fourth-order valence-electron chi connectivity index (χ4n) is 1.26. The van der Waals surface area contributed by atoms with Crippen LogP contribution in [-0.4, -0.2) is 13.2 Å². The smallest absolute Gasteiger partial charge is 0.141 e. The number of benzene rings is 1. The molecule has 1 aromatic carbocycles. The summed E-state index contributed by atoms with van der Waals surface area (Å²) in [5.74, 6) is 0.183. The van der Waals surface area contributed by atoms with Crippen LogP contribution in [0.1, 0.15) is 12.5 Å². The molecular weight excluding hydrogens is 205 g/mol. The summed E-state index contributed by atoms with van der Waals surface area (Å²) in [6.07, 6.45) is 0.562. The molecule has 0 saturated heterocycles. The molecular formula is C10H13ClFNO. The van der Waals surface area contributed by atoms with Crippen molar-refractivity contribution >= 4 is 11.6 Å². The zero-order valence-electron chi connectivity index (χ0n) is 8.02. The van der Waals surface area contributed by atoms with Crippen LogP contribution in [0.3, 0.4) is 0 Å². The van der Waals surface area contributed by atoms with E-state index in [4.69, 9.17) is 22.1 Å². The minimum atomic E-state index is -0.359. The average molecular weight is 218 g/mol. The van der Waals surface area contributed by atoms with Gasteiger partial charge >= 0.3 is 0 Å². The van der Waals surface area contributed by atoms with E-state index in [1.54, 1.807) is 0 Å². The Kier molecular flexibility index (Phi) is 4.17. The Bertz CT molecular complexity index is 317. The highest BCUT2D eigenvalue weighted by Crippen LogP contribution is 2.30. The van der Waals surface area contributed by atoms with Crippen LogP contribution >= 0.6 is 11.6 Å². The van der Waals surface area contributed by atoms with Crippen LogP contribution in [0.15, 0.2) is 12.1 Å². The predicted octanol–water partition coefficient (Wildman–Crippen LogP) is 2.38. The predicted molar refractivity (Wildman–Crippen MR) is 55.3 cm³/mol. The summed E-state index contributed by atoms with van der Waals surface area (Å²) >= 11 is 5.84. The van der Waals surface area contributed by atoms with E-state index in [0.29, 0.717) is 30.3 Å². The fraction of sp³-hybridized carbons (Fsp3) is 0.400. The molecule has 0 radical (unpaired) electrons. The maximum atomic E-state index is 13.0. The first-order valence-electron chi connectivity index (χ1n) is 4.49. The molecule has 2 nitrogen and oxygen atoms in total. The molecule has 0 unspecified atom stereocenters. The summed E-state index contributed by atoms with van der Waals surface area (Å²) in [5, 5.41) is 0.301. The van der Waals surface area contributed by atoms with Gasteiger partial charge in [0.15, 0.2) is 0 Å². The molecule has 0 aliphatic rings. The van der Waals surface area contributed by atoms with Crippen molar-refractivity contribution in [3.05, 3.63) is 28.5 Å². The number of rotatable bonds is 4. The number of nitrogens with two attached hydrogens (primary N) is 1. The minimum Gasteiger partial charge on any atom is -0.492 e. The van der Waals surface area contributed by atoms with Crippen LogP contribution in [-0.2, 0) is 6.42 Å². The van der Waals surface area contributed by atoms with E-state index in [-0.39, 0.29) is 5.82 Å². The van der Waals surface area contributed by atoms with Gasteiger partial charge in [-0.25, -0.2) is 4.39 Å². The standard InChI is InChI=1S/C10H13ClFNO/c1-2-14-10-7(3-4-13)5-8(12)6-9(10)11/h5-6H,2-4,13H2,1H3. The van der Waals surface area contributed by atoms with Crippen LogP contribution < -0.4 is 10.5 Å². The minimum absolute atomic E-state index is 0.301. The first-order chi connectivity index (χ1) is 6.69. The first kappa shape index (κ1) is 11.3. The molecule has 0 atom stereocenters. The van der Waals surface area contributed by atoms with Crippen molar-refractivity contribution in [3.63, 3.8) is 0 Å². The third kappa shape index (κ3) is 2.59. The summed E-state index contributed by atoms with van der Waals surface area (Å²) in [6.45, 7) is 2.80. The summed E-state index contributed by atoms with van der Waals surface area (Å²) in [4.78, 5) is 0. The van der Waals surface area contributed by atoms with E-state index in [1.165, 1.54) is 12.1 Å². The monoisotopic (exact) mass is 217 g/mol. The van der Waals surface area contributed by atoms with Crippen LogP contribution in [0.5, 0.6) is 5.75 Å². The second kappa shape index (κ2) is 5.17. The molecule has 0 spiro atoms. The molecule has 0 bridgehead atoms. The van der Waals surface area contributed by atoms with Crippen molar-refractivity contribution in [2.45, 2.75) is 13.3 Å². The number of hydrogen-bond acceptors (Lipinski definition) is 2. The Morgan fingerprint density at radius 3 is 2.79 bits per heavy atom. The first-order valence-corrected chi connectivity index (χ1v) is 4.87. The van der Waals surface area contributed by atoms with Gasteiger partial charge in [0.05, 0.1) is 11.6 Å². The molecule has 0 aliphatic heterocycles. The van der Waals surface area contributed by atoms with E-state index in [0.717, 1.165) is 5.56 Å². The third-order valence-corrected chi connectivity index (χ3v) is 2.07. The van der Waals surface area contributed by atoms with Gasteiger partial charge in [0, 0.05) is 0 Å². The van der Waals surface area contributed by atoms with Gasteiger partial charge in [-0.3, -0.25) is 0 Å². The number of halogens is 2. The van der Waals surface area contributed by atoms with E-state index >= 15 is 0 Å². The Hall–Kier alpha value is -0.800. The van der Waals surface area contributed by atoms with Crippen molar-refractivity contribution in [3.8, 4) is 5.75 Å². The molecule has 4 heteroatoms. The molecule has 1 aromatic rings. The Morgan fingerprint density at radius 2 is 2.21 bits per heavy atom. The second-order valence-corrected chi connectivity index (χ2v) is 3.25. The summed E-state index contributed by atoms with van der Waals surface area (Å²) < 4.78 is 18.3. The van der Waals surface area contributed by atoms with E-state index in [2.05, 4.69) is 0 Å². The van der Waals surface area contributed by atoms with E-state index in [1.807, 2.05) is 6.92 Å². The Labute approximate surface area is 87.8 Å². The highest BCUT2D eigenvalue weighted by molar-refractivity contribution is 6.32. The molecule has 0 aromatic heterocycles. The normalized spacial score (nSPS) is 10.3. The van der Waals surface area contributed by atoms with Crippen molar-refractivity contribution < 1.29 is 9.13 Å². The molecule has 0 heterocycles. The Morgan fingerprint density at radius 1 is 1.50 bits per heavy atom. The van der Waals surface area contributed by atoms with Gasteiger partial charge < -0.3 is 10.5 Å². The molecule has 14 heavy (non-hydrogen) atoms. The molecule has 1 rings (SSSR count). The lowest BCUT2D eigenvalue weighted by Crippen LogP contribution is -2.06. The van der Waals surface area contributed by atoms with Crippen LogP contribution in [0.2, 0.25) is 5.02 Å². The van der Waals surface area contributed by atoms with Gasteiger partial charge in [-0.15, -0.1) is 0 Å². The highest BCUT2D eigenvalue weighted by atomic mass is 35.5. The lowest BCUT2D eigenvalue weighted by Gasteiger charge is -2.11. The van der Waals surface area contributed by atoms with Crippen molar-refractivity contribution in [1.82, 2.24) is 0 Å². The molecule has 78 valence electrons. The van der Waals surface area contributed by atoms with Crippen molar-refractivity contribution in [2.75, 3.05) is 13.2 Å². The van der Waals surface area contributed by atoms with Gasteiger partial charge in [-0.1, -0.05) is 11.6 Å². The van der Waals surface area contributed by atoms with Crippen LogP contribution in [0.4, 0.5) is 4.39 Å². The van der Waals surface area contributed by atoms with Crippen molar-refractivity contribution in [2.24, 2.45) is 5.73 Å². The lowest BCUT2D eigenvalue weighted by atomic mass is 10.1. The fourth-order valence-corrected chi connectivity index (χ4v) is 1.54. The second-order valence-electron chi connectivity index (χ2n) is 2.85. The van der Waals surface area contributed by atoms with Gasteiger partial charge in [-0.05, 0) is 37.6 Å². The van der Waals surface area contributed by atoms with Gasteiger partial charge in [0.2, 0.25) is 0 Å². The van der Waals surface area contributed by atoms with Crippen LogP contribution in [0, 0.1) is 5.82 Å². The summed E-state index contributed by atoms with van der Waals surface area (Å²) in [6, 6.07) is 2.65. The Balaban J connectivity index is 3.07. The quantitative estimate of drug-likeness (QED) is 0.841. The summed E-state index contributed by atoms with van der Waals surface area (Å²) in [7, 11) is 0. The molecule has 0 fully saturated rings. The van der Waals surface area contributed by atoms with Crippen molar-refractivity contribution in [1.29, 1.82) is 0 Å². The highest BCUT2D eigenvalue weighted by Gasteiger charge is 2.10. The average Bonchev–Trinajstić information content (AvgIpc) is 2.11. The third-order valence-electron chi connectivity index (χ3n) is 1.79. The van der Waals surface area contributed by atoms with Gasteiger partial charge in [-0.2, -0.15) is 0 Å². The molecule has 0 aliphatic carbocycles. The number of ether oxygens (including phenoxy) is 1. The van der Waals surface area contributed by atoms with E-state index in [9.17, 15) is 4.39 Å². The SMILES string of the molecule is CCOc1c(Cl)cc(F)cc1CCN. The van der Waals surface area contributed by atoms with Gasteiger partial charge in [0.25, 0.3) is 0 Å². The maximum Gasteiger partial charge on any atom is 0.141 e. The van der Waals surface area contributed by atoms with E-state index < -0.39 is 0 Å². The molecule has 2 N–H and O–H groups in total. The van der Waals surface area contributed by atoms with Crippen LogP contribution in [0.25, 0.3) is 0 Å². The largest absolute Gasteiger partial charge is 0.492 e. The van der Waals surface area contributed by atoms with Gasteiger partial charge in [0.1, 0.15) is 11.6 Å². The molecule has 0 amide bonds. The number of hydrogen-bond donors (Lipinski definition) is 1. The summed E-state index contributed by atoms with van der Waals surface area (Å²) in [5.41, 5.74) is 6.13. The lowest BCUT2D eigenvalue weighted by molar-refractivity contribution is 0.336. The topological polar surface area (TPSA) is 35.2 Å². The zero-order chi connectivity index (χ0) is 10.6.